The Morgan fingerprint density at radius 1 is 1.33 bits per heavy atom. The van der Waals surface area contributed by atoms with E-state index >= 15 is 0 Å². The van der Waals surface area contributed by atoms with E-state index in [-0.39, 0.29) is 5.41 Å². The van der Waals surface area contributed by atoms with Crippen LogP contribution in [-0.2, 0) is 6.42 Å². The van der Waals surface area contributed by atoms with Crippen LogP contribution >= 0.6 is 27.5 Å². The Kier molecular flexibility index (Phi) is 4.08. The van der Waals surface area contributed by atoms with Crippen molar-refractivity contribution in [2.75, 3.05) is 0 Å². The highest BCUT2D eigenvalue weighted by Gasteiger charge is 2.21. The molecular formula is C15H18BrClO. The number of hydrogen-bond acceptors (Lipinski definition) is 1. The van der Waals surface area contributed by atoms with Crippen LogP contribution in [0.4, 0.5) is 0 Å². The number of aryl methyl sites for hydroxylation is 1. The number of alkyl halides is 1. The molecule has 0 saturated heterocycles. The third-order valence-corrected chi connectivity index (χ3v) is 5.26. The molecule has 1 nitrogen and oxygen atoms in total. The van der Waals surface area contributed by atoms with Gasteiger partial charge in [-0.25, -0.2) is 0 Å². The Hall–Kier alpha value is -0.470. The van der Waals surface area contributed by atoms with Crippen LogP contribution in [0.3, 0.4) is 0 Å². The van der Waals surface area contributed by atoms with Gasteiger partial charge in [0.2, 0.25) is 0 Å². The second kappa shape index (κ2) is 5.26. The molecule has 0 spiro atoms. The van der Waals surface area contributed by atoms with E-state index in [9.17, 15) is 0 Å². The maximum Gasteiger partial charge on any atom is 0.152 e. The van der Waals surface area contributed by atoms with E-state index in [2.05, 4.69) is 42.8 Å². The van der Waals surface area contributed by atoms with Gasteiger partial charge >= 0.3 is 0 Å². The summed E-state index contributed by atoms with van der Waals surface area (Å²) in [5.41, 5.74) is 1.07. The summed E-state index contributed by atoms with van der Waals surface area (Å²) in [7, 11) is 0. The lowest BCUT2D eigenvalue weighted by atomic mass is 9.89. The van der Waals surface area contributed by atoms with Gasteiger partial charge in [0, 0.05) is 16.6 Å². The van der Waals surface area contributed by atoms with Crippen LogP contribution in [0.1, 0.15) is 33.0 Å². The van der Waals surface area contributed by atoms with Crippen LogP contribution < -0.4 is 0 Å². The molecule has 1 heterocycles. The van der Waals surface area contributed by atoms with Gasteiger partial charge in [0.1, 0.15) is 5.76 Å². The fourth-order valence-corrected chi connectivity index (χ4v) is 2.36. The van der Waals surface area contributed by atoms with E-state index in [1.54, 1.807) is 0 Å². The fraction of sp³-hybridized carbons (Fsp3) is 0.467. The standard InChI is InChI=1S/C15H18BrClO/c1-15(2,3)13(16)8-7-11-9-10-5-4-6-12(17)14(10)18-11/h4-6,9,13H,7-8H2,1-3H3. The van der Waals surface area contributed by atoms with Crippen LogP contribution in [0.15, 0.2) is 28.7 Å². The first kappa shape index (κ1) is 14.0. The summed E-state index contributed by atoms with van der Waals surface area (Å²) < 4.78 is 5.81. The highest BCUT2D eigenvalue weighted by Crippen LogP contribution is 2.31. The molecule has 98 valence electrons. The number of fused-ring (bicyclic) bond motifs is 1. The summed E-state index contributed by atoms with van der Waals surface area (Å²) in [4.78, 5) is 0.480. The molecule has 2 rings (SSSR count). The molecule has 1 aromatic carbocycles. The van der Waals surface area contributed by atoms with Crippen molar-refractivity contribution in [3.8, 4) is 0 Å². The largest absolute Gasteiger partial charge is 0.460 e. The second-order valence-corrected chi connectivity index (χ2v) is 7.26. The fourth-order valence-electron chi connectivity index (χ4n) is 1.91. The minimum absolute atomic E-state index is 0.268. The molecule has 3 heteroatoms. The molecule has 0 saturated carbocycles. The second-order valence-electron chi connectivity index (χ2n) is 5.74. The highest BCUT2D eigenvalue weighted by molar-refractivity contribution is 9.09. The summed E-state index contributed by atoms with van der Waals surface area (Å²) in [6.45, 7) is 6.71. The molecular weight excluding hydrogens is 312 g/mol. The zero-order chi connectivity index (χ0) is 13.3. The third kappa shape index (κ3) is 3.10. The van der Waals surface area contributed by atoms with Gasteiger partial charge in [-0.1, -0.05) is 60.4 Å². The van der Waals surface area contributed by atoms with Gasteiger partial charge in [-0.15, -0.1) is 0 Å². The monoisotopic (exact) mass is 328 g/mol. The van der Waals surface area contributed by atoms with Gasteiger partial charge in [0.15, 0.2) is 5.58 Å². The molecule has 1 unspecified atom stereocenters. The van der Waals surface area contributed by atoms with E-state index in [1.807, 2.05) is 18.2 Å². The van der Waals surface area contributed by atoms with Crippen molar-refractivity contribution in [2.45, 2.75) is 38.4 Å². The molecule has 2 aromatic rings. The van der Waals surface area contributed by atoms with E-state index in [0.29, 0.717) is 9.85 Å². The first-order valence-electron chi connectivity index (χ1n) is 6.19. The van der Waals surface area contributed by atoms with E-state index < -0.39 is 0 Å². The number of para-hydroxylation sites is 1. The predicted octanol–water partition coefficient (Wildman–Crippen LogP) is 5.83. The van der Waals surface area contributed by atoms with Crippen molar-refractivity contribution < 1.29 is 4.42 Å². The van der Waals surface area contributed by atoms with Gasteiger partial charge < -0.3 is 4.42 Å². The minimum atomic E-state index is 0.268. The molecule has 0 N–H and O–H groups in total. The van der Waals surface area contributed by atoms with Gasteiger partial charge in [-0.05, 0) is 24.0 Å². The quantitative estimate of drug-likeness (QED) is 0.646. The first-order valence-corrected chi connectivity index (χ1v) is 7.48. The van der Waals surface area contributed by atoms with Gasteiger partial charge in [-0.3, -0.25) is 0 Å². The lowest BCUT2D eigenvalue weighted by Gasteiger charge is -2.25. The van der Waals surface area contributed by atoms with Crippen LogP contribution in [-0.4, -0.2) is 4.83 Å². The van der Waals surface area contributed by atoms with Crippen molar-refractivity contribution in [2.24, 2.45) is 5.41 Å². The smallest absolute Gasteiger partial charge is 0.152 e. The van der Waals surface area contributed by atoms with Gasteiger partial charge in [0.25, 0.3) is 0 Å². The molecule has 1 aromatic heterocycles. The first-order chi connectivity index (χ1) is 8.38. The Morgan fingerprint density at radius 3 is 2.67 bits per heavy atom. The number of halogens is 2. The Balaban J connectivity index is 2.11. The van der Waals surface area contributed by atoms with Gasteiger partial charge in [-0.2, -0.15) is 0 Å². The lowest BCUT2D eigenvalue weighted by Crippen LogP contribution is -2.20. The summed E-state index contributed by atoms with van der Waals surface area (Å²) in [5.74, 6) is 1.01. The Morgan fingerprint density at radius 2 is 2.06 bits per heavy atom. The van der Waals surface area contributed by atoms with Crippen LogP contribution in [0.2, 0.25) is 5.02 Å². The van der Waals surface area contributed by atoms with E-state index in [0.717, 1.165) is 29.6 Å². The van der Waals surface area contributed by atoms with Crippen LogP contribution in [0.25, 0.3) is 11.0 Å². The number of benzene rings is 1. The maximum absolute atomic E-state index is 6.10. The SMILES string of the molecule is CC(C)(C)C(Br)CCc1cc2cccc(Cl)c2o1. The van der Waals surface area contributed by atoms with Crippen molar-refractivity contribution in [1.82, 2.24) is 0 Å². The van der Waals surface area contributed by atoms with Crippen molar-refractivity contribution in [1.29, 1.82) is 0 Å². The third-order valence-electron chi connectivity index (χ3n) is 3.13. The molecule has 0 aliphatic heterocycles. The van der Waals surface area contributed by atoms with E-state index in [4.69, 9.17) is 16.0 Å². The molecule has 18 heavy (non-hydrogen) atoms. The molecule has 0 aliphatic rings. The lowest BCUT2D eigenvalue weighted by molar-refractivity contribution is 0.379. The van der Waals surface area contributed by atoms with E-state index in [1.165, 1.54) is 0 Å². The molecule has 0 bridgehead atoms. The normalized spacial score (nSPS) is 14.1. The molecule has 0 aliphatic carbocycles. The average Bonchev–Trinajstić information content (AvgIpc) is 2.69. The van der Waals surface area contributed by atoms with Crippen LogP contribution in [0, 0.1) is 5.41 Å². The Bertz CT molecular complexity index is 539. The molecule has 1 atom stereocenters. The summed E-state index contributed by atoms with van der Waals surface area (Å²) >= 11 is 9.85. The molecule has 0 radical (unpaired) electrons. The predicted molar refractivity (Wildman–Crippen MR) is 81.7 cm³/mol. The van der Waals surface area contributed by atoms with Gasteiger partial charge in [0.05, 0.1) is 5.02 Å². The maximum atomic E-state index is 6.10. The highest BCUT2D eigenvalue weighted by atomic mass is 79.9. The molecule has 0 amide bonds. The van der Waals surface area contributed by atoms with Crippen molar-refractivity contribution >= 4 is 38.5 Å². The Labute approximate surface area is 122 Å². The average molecular weight is 330 g/mol. The summed E-state index contributed by atoms with van der Waals surface area (Å²) in [5, 5.41) is 1.77. The van der Waals surface area contributed by atoms with Crippen LogP contribution in [0.5, 0.6) is 0 Å². The van der Waals surface area contributed by atoms with Crippen molar-refractivity contribution in [3.63, 3.8) is 0 Å². The number of rotatable bonds is 3. The van der Waals surface area contributed by atoms with Crippen molar-refractivity contribution in [3.05, 3.63) is 35.0 Å². The number of furan rings is 1. The summed E-state index contributed by atoms with van der Waals surface area (Å²) in [6, 6.07) is 7.93. The summed E-state index contributed by atoms with van der Waals surface area (Å²) in [6.07, 6.45) is 1.99. The topological polar surface area (TPSA) is 13.1 Å². The molecule has 0 fully saturated rings. The minimum Gasteiger partial charge on any atom is -0.460 e. The zero-order valence-electron chi connectivity index (χ0n) is 11.0. The zero-order valence-corrected chi connectivity index (χ0v) is 13.3. The number of hydrogen-bond donors (Lipinski definition) is 0.